The first-order chi connectivity index (χ1) is 8.25. The average Bonchev–Trinajstić information content (AvgIpc) is 2.39. The van der Waals surface area contributed by atoms with Gasteiger partial charge in [0.1, 0.15) is 0 Å². The van der Waals surface area contributed by atoms with Gasteiger partial charge in [0.05, 0.1) is 0 Å². The molecule has 1 amide bonds. The largest absolute Gasteiger partial charge is 0.452 e. The maximum atomic E-state index is 11.6. The lowest BCUT2D eigenvalue weighted by Gasteiger charge is -2.24. The molecule has 1 aliphatic rings. The molecule has 1 heterocycles. The normalized spacial score (nSPS) is 15.5. The number of hydrogen-bond donors (Lipinski definition) is 0. The van der Waals surface area contributed by atoms with Gasteiger partial charge in [-0.25, -0.2) is 9.68 Å². The van der Waals surface area contributed by atoms with Gasteiger partial charge in [-0.3, -0.25) is 4.89 Å². The highest BCUT2D eigenvalue weighted by Crippen LogP contribution is 2.17. The predicted octanol–water partition coefficient (Wildman–Crippen LogP) is 3.37. The van der Waals surface area contributed by atoms with Crippen LogP contribution in [-0.4, -0.2) is 24.1 Å². The van der Waals surface area contributed by atoms with Crippen LogP contribution in [0, 0.1) is 0 Å². The van der Waals surface area contributed by atoms with Crippen molar-refractivity contribution in [2.75, 3.05) is 13.1 Å². The van der Waals surface area contributed by atoms with Gasteiger partial charge >= 0.3 is 6.09 Å². The molecule has 0 radical (unpaired) electrons. The van der Waals surface area contributed by atoms with Crippen LogP contribution in [0.4, 0.5) is 4.79 Å². The van der Waals surface area contributed by atoms with Gasteiger partial charge in [0, 0.05) is 17.6 Å². The van der Waals surface area contributed by atoms with Crippen molar-refractivity contribution in [1.29, 1.82) is 0 Å². The van der Waals surface area contributed by atoms with Gasteiger partial charge in [-0.15, -0.1) is 0 Å². The van der Waals surface area contributed by atoms with E-state index in [-0.39, 0.29) is 0 Å². The molecule has 0 aliphatic carbocycles. The molecule has 17 heavy (non-hydrogen) atoms. The average molecular weight is 300 g/mol. The Balaban J connectivity index is 1.81. The lowest BCUT2D eigenvalue weighted by atomic mass is 10.1. The van der Waals surface area contributed by atoms with E-state index in [0.29, 0.717) is 5.75 Å². The summed E-state index contributed by atoms with van der Waals surface area (Å²) in [6, 6.07) is 7.11. The highest BCUT2D eigenvalue weighted by molar-refractivity contribution is 9.10. The molecular formula is C12H14BrNO3. The van der Waals surface area contributed by atoms with Crippen LogP contribution in [0.5, 0.6) is 5.75 Å². The zero-order chi connectivity index (χ0) is 12.1. The number of likely N-dealkylation sites (tertiary alicyclic amines) is 1. The Morgan fingerprint density at radius 3 is 2.41 bits per heavy atom. The Labute approximate surface area is 109 Å². The number of halogens is 1. The molecule has 1 saturated heterocycles. The van der Waals surface area contributed by atoms with Crippen molar-refractivity contribution in [3.05, 3.63) is 28.7 Å². The molecular weight excluding hydrogens is 286 g/mol. The number of piperidine rings is 1. The highest BCUT2D eigenvalue weighted by Gasteiger charge is 2.18. The molecule has 0 saturated carbocycles. The third kappa shape index (κ3) is 3.63. The van der Waals surface area contributed by atoms with Gasteiger partial charge in [0.25, 0.3) is 0 Å². The van der Waals surface area contributed by atoms with Crippen molar-refractivity contribution in [1.82, 2.24) is 4.90 Å². The molecule has 0 N–H and O–H groups in total. The number of carbonyl (C=O) groups is 1. The number of nitrogens with zero attached hydrogens (tertiary/aromatic N) is 1. The number of rotatable bonds is 2. The van der Waals surface area contributed by atoms with E-state index in [9.17, 15) is 4.79 Å². The van der Waals surface area contributed by atoms with Crippen molar-refractivity contribution in [2.24, 2.45) is 0 Å². The Hall–Kier alpha value is -1.23. The van der Waals surface area contributed by atoms with E-state index in [1.807, 2.05) is 12.1 Å². The second-order valence-corrected chi connectivity index (χ2v) is 4.85. The maximum absolute atomic E-state index is 11.6. The Morgan fingerprint density at radius 1 is 1.12 bits per heavy atom. The first-order valence-corrected chi connectivity index (χ1v) is 6.44. The monoisotopic (exact) mass is 299 g/mol. The van der Waals surface area contributed by atoms with Crippen LogP contribution < -0.4 is 4.89 Å². The SMILES string of the molecule is O=C(OOc1ccc(Br)cc1)N1CCCCC1. The van der Waals surface area contributed by atoms with Crippen molar-refractivity contribution < 1.29 is 14.6 Å². The molecule has 92 valence electrons. The lowest BCUT2D eigenvalue weighted by Crippen LogP contribution is -2.36. The van der Waals surface area contributed by atoms with Crippen LogP contribution in [-0.2, 0) is 4.89 Å². The molecule has 0 bridgehead atoms. The fourth-order valence-electron chi connectivity index (χ4n) is 1.70. The molecule has 1 aromatic rings. The lowest BCUT2D eigenvalue weighted by molar-refractivity contribution is -0.154. The fourth-order valence-corrected chi connectivity index (χ4v) is 1.97. The van der Waals surface area contributed by atoms with Crippen molar-refractivity contribution >= 4 is 22.0 Å². The molecule has 2 rings (SSSR count). The molecule has 0 atom stereocenters. The highest BCUT2D eigenvalue weighted by atomic mass is 79.9. The number of benzene rings is 1. The molecule has 1 aliphatic heterocycles. The first-order valence-electron chi connectivity index (χ1n) is 5.65. The van der Waals surface area contributed by atoms with E-state index in [0.717, 1.165) is 30.4 Å². The molecule has 5 heteroatoms. The summed E-state index contributed by atoms with van der Waals surface area (Å²) < 4.78 is 0.951. The third-order valence-corrected chi connectivity index (χ3v) is 3.17. The van der Waals surface area contributed by atoms with Crippen LogP contribution >= 0.6 is 15.9 Å². The number of hydrogen-bond acceptors (Lipinski definition) is 3. The summed E-state index contributed by atoms with van der Waals surface area (Å²) in [6.07, 6.45) is 2.84. The zero-order valence-electron chi connectivity index (χ0n) is 9.39. The smallest absolute Gasteiger partial charge is 0.305 e. The van der Waals surface area contributed by atoms with Crippen molar-refractivity contribution in [3.63, 3.8) is 0 Å². The second-order valence-electron chi connectivity index (χ2n) is 3.93. The zero-order valence-corrected chi connectivity index (χ0v) is 11.0. The van der Waals surface area contributed by atoms with Crippen LogP contribution in [0.15, 0.2) is 28.7 Å². The van der Waals surface area contributed by atoms with Gasteiger partial charge in [0.15, 0.2) is 5.75 Å². The minimum absolute atomic E-state index is 0.410. The van der Waals surface area contributed by atoms with Gasteiger partial charge < -0.3 is 4.90 Å². The van der Waals surface area contributed by atoms with Crippen LogP contribution in [0.25, 0.3) is 0 Å². The number of amides is 1. The third-order valence-electron chi connectivity index (χ3n) is 2.64. The predicted molar refractivity (Wildman–Crippen MR) is 66.7 cm³/mol. The molecule has 0 unspecified atom stereocenters. The van der Waals surface area contributed by atoms with Crippen LogP contribution in [0.1, 0.15) is 19.3 Å². The van der Waals surface area contributed by atoms with E-state index >= 15 is 0 Å². The summed E-state index contributed by atoms with van der Waals surface area (Å²) in [5.74, 6) is 0.513. The molecule has 0 spiro atoms. The quantitative estimate of drug-likeness (QED) is 0.621. The van der Waals surface area contributed by atoms with Gasteiger partial charge in [0.2, 0.25) is 0 Å². The summed E-state index contributed by atoms with van der Waals surface area (Å²) in [4.78, 5) is 23.0. The summed E-state index contributed by atoms with van der Waals surface area (Å²) in [6.45, 7) is 1.51. The Morgan fingerprint density at radius 2 is 1.76 bits per heavy atom. The Kier molecular flexibility index (Phi) is 4.25. The van der Waals surface area contributed by atoms with Crippen molar-refractivity contribution in [3.8, 4) is 5.75 Å². The topological polar surface area (TPSA) is 38.8 Å². The van der Waals surface area contributed by atoms with Gasteiger partial charge in [-0.1, -0.05) is 15.9 Å². The van der Waals surface area contributed by atoms with Gasteiger partial charge in [-0.2, -0.15) is 0 Å². The van der Waals surface area contributed by atoms with Crippen molar-refractivity contribution in [2.45, 2.75) is 19.3 Å². The van der Waals surface area contributed by atoms with E-state index in [1.165, 1.54) is 6.42 Å². The second kappa shape index (κ2) is 5.91. The minimum atomic E-state index is -0.410. The van der Waals surface area contributed by atoms with E-state index in [1.54, 1.807) is 17.0 Å². The fraction of sp³-hybridized carbons (Fsp3) is 0.417. The molecule has 0 aromatic heterocycles. The Bertz CT molecular complexity index is 374. The summed E-state index contributed by atoms with van der Waals surface area (Å²) >= 11 is 3.32. The molecule has 1 fully saturated rings. The van der Waals surface area contributed by atoms with E-state index in [4.69, 9.17) is 9.78 Å². The van der Waals surface area contributed by atoms with Gasteiger partial charge in [-0.05, 0) is 43.5 Å². The summed E-state index contributed by atoms with van der Waals surface area (Å²) in [7, 11) is 0. The van der Waals surface area contributed by atoms with Crippen LogP contribution in [0.2, 0.25) is 0 Å². The minimum Gasteiger partial charge on any atom is -0.305 e. The molecule has 1 aromatic carbocycles. The van der Waals surface area contributed by atoms with Crippen LogP contribution in [0.3, 0.4) is 0 Å². The summed E-state index contributed by atoms with van der Waals surface area (Å²) in [5, 5.41) is 0. The maximum Gasteiger partial charge on any atom is 0.452 e. The van der Waals surface area contributed by atoms with E-state index < -0.39 is 6.09 Å². The first kappa shape index (κ1) is 12.2. The summed E-state index contributed by atoms with van der Waals surface area (Å²) in [5.41, 5.74) is 0. The van der Waals surface area contributed by atoms with E-state index in [2.05, 4.69) is 15.9 Å². The molecule has 4 nitrogen and oxygen atoms in total. The standard InChI is InChI=1S/C12H14BrNO3/c13-10-4-6-11(7-5-10)16-17-12(15)14-8-2-1-3-9-14/h4-7H,1-3,8-9H2. The number of carbonyl (C=O) groups excluding carboxylic acids is 1.